The number of phenolic OH excluding ortho intramolecular Hbond substituents is 2. The summed E-state index contributed by atoms with van der Waals surface area (Å²) in [5.74, 6) is 0.382. The summed E-state index contributed by atoms with van der Waals surface area (Å²) in [6, 6.07) is 0. The second-order valence-corrected chi connectivity index (χ2v) is 9.79. The summed E-state index contributed by atoms with van der Waals surface area (Å²) < 4.78 is 0. The number of hydrogen-bond acceptors (Lipinski definition) is 3. The summed E-state index contributed by atoms with van der Waals surface area (Å²) in [6.07, 6.45) is 32.1. The highest BCUT2D eigenvalue weighted by molar-refractivity contribution is 7.99. The van der Waals surface area contributed by atoms with Gasteiger partial charge >= 0.3 is 0 Å². The Morgan fingerprint density at radius 2 is 0.538 bits per heavy atom. The zero-order valence-corrected chi connectivity index (χ0v) is 25.4. The van der Waals surface area contributed by atoms with Gasteiger partial charge in [-0.2, -0.15) is 0 Å². The molecule has 2 aromatic carbocycles. The molecule has 0 spiro atoms. The highest BCUT2D eigenvalue weighted by Crippen LogP contribution is 2.51. The van der Waals surface area contributed by atoms with Crippen molar-refractivity contribution in [3.8, 4) is 11.5 Å². The normalized spacial score (nSPS) is 13.1. The van der Waals surface area contributed by atoms with Gasteiger partial charge in [0.2, 0.25) is 0 Å². The highest BCUT2D eigenvalue weighted by atomic mass is 32.2. The van der Waals surface area contributed by atoms with Gasteiger partial charge in [0, 0.05) is 11.1 Å². The van der Waals surface area contributed by atoms with Gasteiger partial charge in [-0.25, -0.2) is 0 Å². The van der Waals surface area contributed by atoms with Crippen molar-refractivity contribution in [1.29, 1.82) is 0 Å². The van der Waals surface area contributed by atoms with Gasteiger partial charge in [0.25, 0.3) is 0 Å². The van der Waals surface area contributed by atoms with E-state index in [1.165, 1.54) is 11.8 Å². The zero-order chi connectivity index (χ0) is 28.9. The van der Waals surface area contributed by atoms with Gasteiger partial charge < -0.3 is 10.2 Å². The minimum atomic E-state index is 0.191. The number of hydrogen-bond donors (Lipinski definition) is 2. The minimum Gasteiger partial charge on any atom is -0.506 e. The van der Waals surface area contributed by atoms with E-state index in [1.807, 2.05) is 140 Å². The summed E-state index contributed by atoms with van der Waals surface area (Å²) in [4.78, 5) is 1.39. The largest absolute Gasteiger partial charge is 0.506 e. The molecule has 2 aromatic rings. The fourth-order valence-electron chi connectivity index (χ4n) is 4.61. The molecule has 39 heavy (non-hydrogen) atoms. The van der Waals surface area contributed by atoms with E-state index in [1.54, 1.807) is 0 Å². The van der Waals surface area contributed by atoms with E-state index in [-0.39, 0.29) is 11.5 Å². The Balaban J connectivity index is 3.22. The third kappa shape index (κ3) is 6.85. The molecule has 2 rings (SSSR count). The van der Waals surface area contributed by atoms with Crippen LogP contribution in [0.2, 0.25) is 0 Å². The SMILES string of the molecule is CC=Cc1c(O)c(Sc2c(O)c(C=CC)c(C=CC)c(C=CC)c2C=CC)c(C=CC)c(C=CC)c1C=CC. The van der Waals surface area contributed by atoms with E-state index in [9.17, 15) is 10.2 Å². The zero-order valence-electron chi connectivity index (χ0n) is 24.5. The van der Waals surface area contributed by atoms with Gasteiger partial charge in [-0.15, -0.1) is 0 Å². The van der Waals surface area contributed by atoms with E-state index in [4.69, 9.17) is 0 Å². The van der Waals surface area contributed by atoms with Crippen molar-refractivity contribution in [2.75, 3.05) is 0 Å². The Bertz CT molecular complexity index is 1300. The average Bonchev–Trinajstić information content (AvgIpc) is 2.92. The molecule has 0 aliphatic carbocycles. The van der Waals surface area contributed by atoms with E-state index in [0.29, 0.717) is 9.79 Å². The molecule has 2 N–H and O–H groups in total. The minimum absolute atomic E-state index is 0.191. The van der Waals surface area contributed by atoms with Crippen LogP contribution in [-0.4, -0.2) is 10.2 Å². The van der Waals surface area contributed by atoms with E-state index < -0.39 is 0 Å². The number of allylic oxidation sites excluding steroid dienone is 8. The Hall–Kier alpha value is -3.69. The molecular weight excluding hydrogens is 496 g/mol. The smallest absolute Gasteiger partial charge is 0.137 e. The maximum absolute atomic E-state index is 11.8. The third-order valence-electron chi connectivity index (χ3n) is 6.04. The Morgan fingerprint density at radius 1 is 0.333 bits per heavy atom. The van der Waals surface area contributed by atoms with Crippen LogP contribution in [0.4, 0.5) is 0 Å². The van der Waals surface area contributed by atoms with E-state index in [2.05, 4.69) is 12.2 Å². The van der Waals surface area contributed by atoms with Crippen LogP contribution in [0.3, 0.4) is 0 Å². The van der Waals surface area contributed by atoms with Gasteiger partial charge in [0.1, 0.15) is 11.5 Å². The van der Waals surface area contributed by atoms with Gasteiger partial charge in [0.15, 0.2) is 0 Å². The van der Waals surface area contributed by atoms with Gasteiger partial charge in [-0.1, -0.05) is 109 Å². The lowest BCUT2D eigenvalue weighted by Gasteiger charge is -2.22. The van der Waals surface area contributed by atoms with Crippen molar-refractivity contribution in [3.63, 3.8) is 0 Å². The first kappa shape index (κ1) is 31.5. The molecule has 0 aromatic heterocycles. The molecule has 0 amide bonds. The number of rotatable bonds is 10. The molecule has 0 saturated carbocycles. The quantitative estimate of drug-likeness (QED) is 0.316. The molecule has 0 bridgehead atoms. The monoisotopic (exact) mass is 538 g/mol. The average molecular weight is 539 g/mol. The first-order valence-electron chi connectivity index (χ1n) is 13.5. The van der Waals surface area contributed by atoms with Crippen molar-refractivity contribution in [1.82, 2.24) is 0 Å². The summed E-state index contributed by atoms with van der Waals surface area (Å²) in [7, 11) is 0. The van der Waals surface area contributed by atoms with Crippen LogP contribution in [0.5, 0.6) is 11.5 Å². The van der Waals surface area contributed by atoms with Crippen LogP contribution in [0, 0.1) is 0 Å². The Morgan fingerprint density at radius 3 is 0.795 bits per heavy atom. The van der Waals surface area contributed by atoms with Crippen molar-refractivity contribution >= 4 is 60.4 Å². The number of benzene rings is 2. The molecule has 0 aliphatic rings. The van der Waals surface area contributed by atoms with Crippen LogP contribution in [0.1, 0.15) is 99.9 Å². The molecule has 204 valence electrons. The molecule has 0 radical (unpaired) electrons. The highest BCUT2D eigenvalue weighted by Gasteiger charge is 2.25. The number of aromatic hydroxyl groups is 2. The molecule has 0 atom stereocenters. The molecule has 0 unspecified atom stereocenters. The molecular formula is C36H42O2S. The summed E-state index contributed by atoms with van der Waals surface area (Å²) in [5, 5.41) is 23.6. The van der Waals surface area contributed by atoms with Crippen LogP contribution in [0.15, 0.2) is 58.4 Å². The maximum Gasteiger partial charge on any atom is 0.137 e. The van der Waals surface area contributed by atoms with Crippen LogP contribution >= 0.6 is 11.8 Å². The van der Waals surface area contributed by atoms with Crippen molar-refractivity contribution in [2.45, 2.75) is 65.2 Å². The lowest BCUT2D eigenvalue weighted by atomic mass is 9.92. The van der Waals surface area contributed by atoms with E-state index in [0.717, 1.165) is 44.5 Å². The molecule has 0 heterocycles. The van der Waals surface area contributed by atoms with Crippen LogP contribution < -0.4 is 0 Å². The third-order valence-corrected chi connectivity index (χ3v) is 7.28. The van der Waals surface area contributed by atoms with Gasteiger partial charge in [-0.05, 0) is 88.8 Å². The standard InChI is InChI=1S/C36H42O2S/c1-9-17-25-27(19-11-3)31(23-15-7)35(33(37)29(25)21-13-5)39-36-32(24-16-8)28(20-12-4)26(18-10-2)30(22-14-6)34(36)38/h9-24,37-38H,1-8H3. The van der Waals surface area contributed by atoms with Crippen LogP contribution in [0.25, 0.3) is 48.6 Å². The first-order valence-corrected chi connectivity index (χ1v) is 14.3. The Labute approximate surface area is 239 Å². The summed E-state index contributed by atoms with van der Waals surface area (Å²) >= 11 is 1.40. The van der Waals surface area contributed by atoms with E-state index >= 15 is 0 Å². The molecule has 0 saturated heterocycles. The Kier molecular flexibility index (Phi) is 12.7. The molecule has 2 nitrogen and oxygen atoms in total. The van der Waals surface area contributed by atoms with Gasteiger partial charge in [-0.3, -0.25) is 0 Å². The van der Waals surface area contributed by atoms with Crippen molar-refractivity contribution in [3.05, 3.63) is 93.1 Å². The molecule has 0 aliphatic heterocycles. The van der Waals surface area contributed by atoms with Crippen molar-refractivity contribution < 1.29 is 10.2 Å². The topological polar surface area (TPSA) is 40.5 Å². The summed E-state index contributed by atoms with van der Waals surface area (Å²) in [5.41, 5.74) is 7.25. The molecule has 3 heteroatoms. The lowest BCUT2D eigenvalue weighted by Crippen LogP contribution is -1.99. The predicted octanol–water partition coefficient (Wildman–Crippen LogP) is 11.5. The predicted molar refractivity (Wildman–Crippen MR) is 178 cm³/mol. The first-order chi connectivity index (χ1) is 18.9. The fraction of sp³-hybridized carbons (Fsp3) is 0.222. The van der Waals surface area contributed by atoms with Crippen LogP contribution in [-0.2, 0) is 0 Å². The fourth-order valence-corrected chi connectivity index (χ4v) is 5.80. The van der Waals surface area contributed by atoms with Crippen molar-refractivity contribution in [2.24, 2.45) is 0 Å². The summed E-state index contributed by atoms with van der Waals surface area (Å²) in [6.45, 7) is 15.8. The maximum atomic E-state index is 11.8. The van der Waals surface area contributed by atoms with Gasteiger partial charge in [0.05, 0.1) is 9.79 Å². The second-order valence-electron chi connectivity index (χ2n) is 8.77. The lowest BCUT2D eigenvalue weighted by molar-refractivity contribution is 0.458. The second kappa shape index (κ2) is 15.7. The number of phenols is 2. The molecule has 0 fully saturated rings.